The summed E-state index contributed by atoms with van der Waals surface area (Å²) in [5, 5.41) is 9.41. The van der Waals surface area contributed by atoms with Crippen molar-refractivity contribution in [2.45, 2.75) is 6.42 Å². The third-order valence-corrected chi connectivity index (χ3v) is 4.47. The lowest BCUT2D eigenvalue weighted by Gasteiger charge is -2.03. The summed E-state index contributed by atoms with van der Waals surface area (Å²) in [6.07, 6.45) is 3.48. The Morgan fingerprint density at radius 1 is 1.07 bits per heavy atom. The highest BCUT2D eigenvalue weighted by Crippen LogP contribution is 2.29. The highest BCUT2D eigenvalue weighted by Gasteiger charge is 2.15. The Morgan fingerprint density at radius 3 is 2.52 bits per heavy atom. The fourth-order valence-corrected chi connectivity index (χ4v) is 3.16. The number of fused-ring (bicyclic) bond motifs is 1. The fourth-order valence-electron chi connectivity index (χ4n) is 3.16. The zero-order chi connectivity index (χ0) is 18.8. The van der Waals surface area contributed by atoms with Gasteiger partial charge in [-0.25, -0.2) is 4.98 Å². The van der Waals surface area contributed by atoms with E-state index >= 15 is 0 Å². The molecule has 0 amide bonds. The van der Waals surface area contributed by atoms with Crippen molar-refractivity contribution in [3.05, 3.63) is 83.0 Å². The number of aliphatic hydroxyl groups is 1. The Balaban J connectivity index is 1.85. The van der Waals surface area contributed by atoms with Crippen LogP contribution in [0.15, 0.2) is 71.9 Å². The lowest BCUT2D eigenvalue weighted by Crippen LogP contribution is -2.07. The predicted octanol–water partition coefficient (Wildman–Crippen LogP) is 2.48. The zero-order valence-corrected chi connectivity index (χ0v) is 14.4. The minimum Gasteiger partial charge on any atom is -0.389 e. The second-order valence-electron chi connectivity index (χ2n) is 6.25. The molecule has 27 heavy (non-hydrogen) atoms. The molecule has 4 rings (SSSR count). The number of para-hydroxylation sites is 1. The van der Waals surface area contributed by atoms with E-state index in [1.807, 2.05) is 65.4 Å². The summed E-state index contributed by atoms with van der Waals surface area (Å²) in [4.78, 5) is 30.9. The monoisotopic (exact) mass is 359 g/mol. The Hall–Kier alpha value is -3.51. The van der Waals surface area contributed by atoms with Gasteiger partial charge in [-0.05, 0) is 23.3 Å². The molecule has 0 unspecified atom stereocenters. The van der Waals surface area contributed by atoms with Crippen molar-refractivity contribution in [2.24, 2.45) is 0 Å². The van der Waals surface area contributed by atoms with Gasteiger partial charge in [-0.1, -0.05) is 42.5 Å². The molecule has 0 saturated heterocycles. The van der Waals surface area contributed by atoms with Crippen molar-refractivity contribution in [1.82, 2.24) is 14.5 Å². The van der Waals surface area contributed by atoms with Crippen LogP contribution in [0.2, 0.25) is 0 Å². The van der Waals surface area contributed by atoms with Gasteiger partial charge in [-0.3, -0.25) is 9.59 Å². The van der Waals surface area contributed by atoms with Gasteiger partial charge in [0.1, 0.15) is 6.61 Å². The van der Waals surface area contributed by atoms with Crippen LogP contribution in [0.4, 0.5) is 0 Å². The van der Waals surface area contributed by atoms with Crippen molar-refractivity contribution < 1.29 is 9.90 Å². The van der Waals surface area contributed by atoms with Gasteiger partial charge in [0.05, 0.1) is 11.7 Å². The number of hydrogen-bond donors (Lipinski definition) is 2. The molecule has 0 aliphatic heterocycles. The summed E-state index contributed by atoms with van der Waals surface area (Å²) in [7, 11) is 0. The molecule has 0 aliphatic carbocycles. The van der Waals surface area contributed by atoms with E-state index in [1.54, 1.807) is 0 Å². The van der Waals surface area contributed by atoms with E-state index in [4.69, 9.17) is 5.11 Å². The highest BCUT2D eigenvalue weighted by atomic mass is 16.3. The molecule has 0 saturated carbocycles. The van der Waals surface area contributed by atoms with Gasteiger partial charge in [0.15, 0.2) is 11.4 Å². The lowest BCUT2D eigenvalue weighted by atomic mass is 10.0. The van der Waals surface area contributed by atoms with E-state index in [0.717, 1.165) is 22.4 Å². The molecule has 0 spiro atoms. The Kier molecular flexibility index (Phi) is 4.40. The van der Waals surface area contributed by atoms with Crippen LogP contribution >= 0.6 is 0 Å². The van der Waals surface area contributed by atoms with E-state index in [-0.39, 0.29) is 17.8 Å². The third kappa shape index (κ3) is 3.18. The topological polar surface area (TPSA) is 88.0 Å². The Morgan fingerprint density at radius 2 is 1.81 bits per heavy atom. The summed E-state index contributed by atoms with van der Waals surface area (Å²) < 4.78 is 1.89. The maximum atomic E-state index is 12.5. The molecule has 0 atom stereocenters. The molecule has 4 aromatic rings. The number of H-pyrrole nitrogens is 1. The number of Topliss-reactive ketones (excluding diaryl/α,β-unsaturated/α-hetero) is 1. The normalized spacial score (nSPS) is 11.0. The molecule has 0 bridgehead atoms. The van der Waals surface area contributed by atoms with E-state index in [2.05, 4.69) is 9.97 Å². The quantitative estimate of drug-likeness (QED) is 0.573. The van der Waals surface area contributed by atoms with Crippen LogP contribution in [0.3, 0.4) is 0 Å². The smallest absolute Gasteiger partial charge is 0.260 e. The maximum absolute atomic E-state index is 12.5. The van der Waals surface area contributed by atoms with Gasteiger partial charge in [-0.2, -0.15) is 0 Å². The maximum Gasteiger partial charge on any atom is 0.260 e. The van der Waals surface area contributed by atoms with Gasteiger partial charge >= 0.3 is 0 Å². The number of carbonyl (C=O) groups is 1. The number of nitrogens with one attached hydrogen (secondary N) is 1. The minimum atomic E-state index is -0.465. The molecule has 6 heteroatoms. The number of nitrogens with zero attached hydrogens (tertiary/aromatic N) is 2. The van der Waals surface area contributed by atoms with Gasteiger partial charge in [0.2, 0.25) is 0 Å². The first-order chi connectivity index (χ1) is 13.2. The van der Waals surface area contributed by atoms with Crippen LogP contribution in [-0.2, 0) is 11.2 Å². The second kappa shape index (κ2) is 7.01. The molecular formula is C21H17N3O3. The van der Waals surface area contributed by atoms with Crippen LogP contribution < -0.4 is 5.56 Å². The first-order valence-electron chi connectivity index (χ1n) is 8.53. The first-order valence-corrected chi connectivity index (χ1v) is 8.53. The SMILES string of the molecule is O=C(CO)Cc1ccc(-c2cn(-c3ccccc3)c3nc[nH]c(=O)c23)cc1. The number of aromatic nitrogens is 3. The fraction of sp³-hybridized carbons (Fsp3) is 0.0952. The van der Waals surface area contributed by atoms with Gasteiger partial charge in [-0.15, -0.1) is 0 Å². The minimum absolute atomic E-state index is 0.185. The molecule has 2 N–H and O–H groups in total. The van der Waals surface area contributed by atoms with Crippen LogP contribution in [0.25, 0.3) is 27.8 Å². The van der Waals surface area contributed by atoms with Crippen molar-refractivity contribution in [1.29, 1.82) is 0 Å². The van der Waals surface area contributed by atoms with Gasteiger partial charge in [0.25, 0.3) is 5.56 Å². The highest BCUT2D eigenvalue weighted by molar-refractivity contribution is 5.94. The number of aliphatic hydroxyl groups excluding tert-OH is 1. The van der Waals surface area contributed by atoms with Crippen molar-refractivity contribution in [3.8, 4) is 16.8 Å². The standard InChI is InChI=1S/C21H17N3O3/c25-12-17(26)10-14-6-8-15(9-7-14)18-11-24(16-4-2-1-3-5-16)20-19(18)21(27)23-13-22-20/h1-9,11,13,25H,10,12H2,(H,22,23,27). The third-order valence-electron chi connectivity index (χ3n) is 4.47. The molecule has 2 heterocycles. The molecule has 134 valence electrons. The van der Waals surface area contributed by atoms with E-state index < -0.39 is 6.61 Å². The van der Waals surface area contributed by atoms with Crippen LogP contribution in [0, 0.1) is 0 Å². The summed E-state index contributed by atoms with van der Waals surface area (Å²) >= 11 is 0. The van der Waals surface area contributed by atoms with Crippen LogP contribution in [0.5, 0.6) is 0 Å². The number of ketones is 1. The largest absolute Gasteiger partial charge is 0.389 e. The van der Waals surface area contributed by atoms with Crippen LogP contribution in [-0.4, -0.2) is 32.0 Å². The average molecular weight is 359 g/mol. The predicted molar refractivity (Wildman–Crippen MR) is 103 cm³/mol. The van der Waals surface area contributed by atoms with Crippen molar-refractivity contribution in [3.63, 3.8) is 0 Å². The number of benzene rings is 2. The average Bonchev–Trinajstić information content (AvgIpc) is 3.10. The van der Waals surface area contributed by atoms with Crippen LogP contribution in [0.1, 0.15) is 5.56 Å². The molecule has 6 nitrogen and oxygen atoms in total. The van der Waals surface area contributed by atoms with E-state index in [9.17, 15) is 9.59 Å². The van der Waals surface area contributed by atoms with Gasteiger partial charge in [0, 0.05) is 23.9 Å². The second-order valence-corrected chi connectivity index (χ2v) is 6.25. The number of hydrogen-bond acceptors (Lipinski definition) is 4. The van der Waals surface area contributed by atoms with E-state index in [1.165, 1.54) is 6.33 Å². The van der Waals surface area contributed by atoms with Crippen molar-refractivity contribution >= 4 is 16.8 Å². The molecule has 0 aliphatic rings. The van der Waals surface area contributed by atoms with E-state index in [0.29, 0.717) is 11.0 Å². The van der Waals surface area contributed by atoms with Crippen molar-refractivity contribution in [2.75, 3.05) is 6.61 Å². The first kappa shape index (κ1) is 16.9. The molecule has 2 aromatic carbocycles. The summed E-state index contributed by atoms with van der Waals surface area (Å²) in [6, 6.07) is 17.1. The molecule has 0 fully saturated rings. The summed E-state index contributed by atoms with van der Waals surface area (Å²) in [5.74, 6) is -0.232. The number of rotatable bonds is 5. The zero-order valence-electron chi connectivity index (χ0n) is 14.4. The molecular weight excluding hydrogens is 342 g/mol. The number of carbonyl (C=O) groups excluding carboxylic acids is 1. The molecule has 2 aromatic heterocycles. The lowest BCUT2D eigenvalue weighted by molar-refractivity contribution is -0.121. The summed E-state index contributed by atoms with van der Waals surface area (Å²) in [5.41, 5.74) is 3.73. The summed E-state index contributed by atoms with van der Waals surface area (Å²) in [6.45, 7) is -0.465. The Labute approximate surface area is 154 Å². The Bertz CT molecular complexity index is 1160. The number of aromatic amines is 1. The molecule has 0 radical (unpaired) electrons. The van der Waals surface area contributed by atoms with Gasteiger partial charge < -0.3 is 14.7 Å².